The summed E-state index contributed by atoms with van der Waals surface area (Å²) in [5.41, 5.74) is 7.92. The number of para-hydroxylation sites is 1. The number of carbonyl (C=O) groups is 1. The number of nitrogen functional groups attached to an aromatic ring is 1. The van der Waals surface area contributed by atoms with Crippen LogP contribution in [0.15, 0.2) is 41.8 Å². The average Bonchev–Trinajstić information content (AvgIpc) is 3.15. The van der Waals surface area contributed by atoms with Gasteiger partial charge in [-0.15, -0.1) is 11.3 Å². The number of anilines is 1. The summed E-state index contributed by atoms with van der Waals surface area (Å²) in [4.78, 5) is 13.8. The third kappa shape index (κ3) is 3.99. The monoisotopic (exact) mass is 342 g/mol. The first kappa shape index (κ1) is 17.0. The van der Waals surface area contributed by atoms with Crippen molar-refractivity contribution in [2.24, 2.45) is 0 Å². The molecule has 1 aliphatic rings. The van der Waals surface area contributed by atoms with Crippen LogP contribution in [0.3, 0.4) is 0 Å². The van der Waals surface area contributed by atoms with Gasteiger partial charge in [0.2, 0.25) is 5.91 Å². The number of carbonyl (C=O) groups excluding carboxylic acids is 1. The van der Waals surface area contributed by atoms with Crippen molar-refractivity contribution < 1.29 is 4.79 Å². The molecule has 3 N–H and O–H groups in total. The molecule has 128 valence electrons. The summed E-state index contributed by atoms with van der Waals surface area (Å²) in [5.74, 6) is 0.125. The number of nitrogens with one attached hydrogen (secondary N) is 1. The maximum absolute atomic E-state index is 12.3. The van der Waals surface area contributed by atoms with Crippen LogP contribution < -0.4 is 11.1 Å². The molecule has 3 nitrogen and oxygen atoms in total. The first-order chi connectivity index (χ1) is 11.7. The van der Waals surface area contributed by atoms with Gasteiger partial charge in [-0.2, -0.15) is 0 Å². The summed E-state index contributed by atoms with van der Waals surface area (Å²) in [6.07, 6.45) is 7.38. The first-order valence-electron chi connectivity index (χ1n) is 8.84. The normalized spacial score (nSPS) is 16.7. The highest BCUT2D eigenvalue weighted by molar-refractivity contribution is 7.10. The van der Waals surface area contributed by atoms with E-state index < -0.39 is 0 Å². The molecule has 1 saturated carbocycles. The second kappa shape index (κ2) is 7.84. The van der Waals surface area contributed by atoms with Crippen molar-refractivity contribution in [3.63, 3.8) is 0 Å². The Balaban J connectivity index is 1.57. The van der Waals surface area contributed by atoms with E-state index >= 15 is 0 Å². The maximum atomic E-state index is 12.3. The van der Waals surface area contributed by atoms with E-state index in [1.54, 1.807) is 0 Å². The molecule has 1 heterocycles. The van der Waals surface area contributed by atoms with E-state index in [0.717, 1.165) is 17.8 Å². The molecule has 0 aliphatic heterocycles. The Morgan fingerprint density at radius 2 is 1.92 bits per heavy atom. The number of benzene rings is 1. The van der Waals surface area contributed by atoms with Crippen molar-refractivity contribution in [2.45, 2.75) is 50.4 Å². The van der Waals surface area contributed by atoms with Gasteiger partial charge in [0, 0.05) is 28.9 Å². The van der Waals surface area contributed by atoms with Crippen molar-refractivity contribution in [3.05, 3.63) is 52.2 Å². The molecule has 1 aromatic heterocycles. The van der Waals surface area contributed by atoms with Crippen molar-refractivity contribution in [1.82, 2.24) is 5.32 Å². The Morgan fingerprint density at radius 1 is 1.12 bits per heavy atom. The van der Waals surface area contributed by atoms with Crippen LogP contribution in [0.4, 0.5) is 5.69 Å². The van der Waals surface area contributed by atoms with Gasteiger partial charge in [-0.1, -0.05) is 43.5 Å². The zero-order valence-corrected chi connectivity index (χ0v) is 14.9. The Hall–Kier alpha value is -1.81. The van der Waals surface area contributed by atoms with Crippen LogP contribution in [0, 0.1) is 0 Å². The molecule has 1 aliphatic carbocycles. The van der Waals surface area contributed by atoms with Crippen LogP contribution in [0.1, 0.15) is 49.0 Å². The number of nitrogens with two attached hydrogens (primary N) is 1. The highest BCUT2D eigenvalue weighted by Gasteiger charge is 2.35. The standard InChI is InChI=1S/C20H26N2OS/c21-17-8-3-2-7-16(17)10-11-19(23)22-15-20(12-4-1-5-13-20)18-9-6-14-24-18/h2-3,6-9,14H,1,4-5,10-13,15,21H2,(H,22,23). The number of hydrogen-bond acceptors (Lipinski definition) is 3. The van der Waals surface area contributed by atoms with Crippen molar-refractivity contribution in [3.8, 4) is 0 Å². The number of amides is 1. The topological polar surface area (TPSA) is 55.1 Å². The Kier molecular flexibility index (Phi) is 5.56. The summed E-state index contributed by atoms with van der Waals surface area (Å²) in [6.45, 7) is 0.761. The molecule has 0 saturated heterocycles. The van der Waals surface area contributed by atoms with Gasteiger partial charge in [0.15, 0.2) is 0 Å². The van der Waals surface area contributed by atoms with Crippen molar-refractivity contribution >= 4 is 22.9 Å². The van der Waals surface area contributed by atoms with Gasteiger partial charge in [0.05, 0.1) is 0 Å². The molecule has 0 spiro atoms. The van der Waals surface area contributed by atoms with Gasteiger partial charge < -0.3 is 11.1 Å². The highest BCUT2D eigenvalue weighted by Crippen LogP contribution is 2.41. The largest absolute Gasteiger partial charge is 0.399 e. The van der Waals surface area contributed by atoms with Crippen LogP contribution in [-0.2, 0) is 16.6 Å². The zero-order chi connectivity index (χ0) is 16.8. The minimum absolute atomic E-state index is 0.125. The van der Waals surface area contributed by atoms with E-state index in [2.05, 4.69) is 22.8 Å². The van der Waals surface area contributed by atoms with E-state index in [4.69, 9.17) is 5.73 Å². The smallest absolute Gasteiger partial charge is 0.220 e. The lowest BCUT2D eigenvalue weighted by Gasteiger charge is -2.36. The molecule has 1 aromatic carbocycles. The number of rotatable bonds is 6. The fourth-order valence-electron chi connectivity index (χ4n) is 3.69. The summed E-state index contributed by atoms with van der Waals surface area (Å²) < 4.78 is 0. The van der Waals surface area contributed by atoms with Crippen molar-refractivity contribution in [2.75, 3.05) is 12.3 Å². The van der Waals surface area contributed by atoms with Gasteiger partial charge in [-0.25, -0.2) is 0 Å². The lowest BCUT2D eigenvalue weighted by molar-refractivity contribution is -0.121. The molecule has 2 aromatic rings. The lowest BCUT2D eigenvalue weighted by atomic mass is 9.73. The fourth-order valence-corrected chi connectivity index (χ4v) is 4.67. The Morgan fingerprint density at radius 3 is 2.62 bits per heavy atom. The van der Waals surface area contributed by atoms with E-state index in [-0.39, 0.29) is 11.3 Å². The predicted molar refractivity (Wildman–Crippen MR) is 101 cm³/mol. The number of thiophene rings is 1. The van der Waals surface area contributed by atoms with Gasteiger partial charge in [0.1, 0.15) is 0 Å². The summed E-state index contributed by atoms with van der Waals surface area (Å²) in [7, 11) is 0. The fraction of sp³-hybridized carbons (Fsp3) is 0.450. The molecule has 0 unspecified atom stereocenters. The third-order valence-electron chi connectivity index (χ3n) is 5.15. The van der Waals surface area contributed by atoms with Crippen LogP contribution in [0.5, 0.6) is 0 Å². The van der Waals surface area contributed by atoms with Gasteiger partial charge >= 0.3 is 0 Å². The molecular formula is C20H26N2OS. The van der Waals surface area contributed by atoms with Crippen molar-refractivity contribution in [1.29, 1.82) is 0 Å². The third-order valence-corrected chi connectivity index (χ3v) is 6.27. The van der Waals surface area contributed by atoms with E-state index in [1.807, 2.05) is 35.6 Å². The molecule has 0 atom stereocenters. The molecule has 0 radical (unpaired) electrons. The van der Waals surface area contributed by atoms with Crippen LogP contribution in [-0.4, -0.2) is 12.5 Å². The van der Waals surface area contributed by atoms with Gasteiger partial charge in [0.25, 0.3) is 0 Å². The molecule has 4 heteroatoms. The van der Waals surface area contributed by atoms with Gasteiger partial charge in [-0.05, 0) is 42.3 Å². The SMILES string of the molecule is Nc1ccccc1CCC(=O)NCC1(c2cccs2)CCCCC1. The van der Waals surface area contributed by atoms with Crippen LogP contribution in [0.25, 0.3) is 0 Å². The zero-order valence-electron chi connectivity index (χ0n) is 14.1. The highest BCUT2D eigenvalue weighted by atomic mass is 32.1. The number of aryl methyl sites for hydroxylation is 1. The molecule has 1 fully saturated rings. The minimum Gasteiger partial charge on any atom is -0.399 e. The number of hydrogen-bond donors (Lipinski definition) is 2. The molecule has 3 rings (SSSR count). The Labute approximate surface area is 148 Å². The van der Waals surface area contributed by atoms with Gasteiger partial charge in [-0.3, -0.25) is 4.79 Å². The second-order valence-electron chi connectivity index (χ2n) is 6.79. The van der Waals surface area contributed by atoms with E-state index in [0.29, 0.717) is 12.8 Å². The average molecular weight is 343 g/mol. The molecule has 0 bridgehead atoms. The Bertz CT molecular complexity index is 660. The summed E-state index contributed by atoms with van der Waals surface area (Å²) in [5, 5.41) is 5.34. The summed E-state index contributed by atoms with van der Waals surface area (Å²) >= 11 is 1.82. The lowest BCUT2D eigenvalue weighted by Crippen LogP contribution is -2.41. The van der Waals surface area contributed by atoms with E-state index in [1.165, 1.54) is 37.0 Å². The molecule has 1 amide bonds. The molecule has 24 heavy (non-hydrogen) atoms. The minimum atomic E-state index is 0.125. The molecular weight excluding hydrogens is 316 g/mol. The predicted octanol–water partition coefficient (Wildman–Crippen LogP) is 4.28. The first-order valence-corrected chi connectivity index (χ1v) is 9.72. The van der Waals surface area contributed by atoms with Crippen LogP contribution >= 0.6 is 11.3 Å². The maximum Gasteiger partial charge on any atom is 0.220 e. The summed E-state index contributed by atoms with van der Waals surface area (Å²) in [6, 6.07) is 12.1. The van der Waals surface area contributed by atoms with E-state index in [9.17, 15) is 4.79 Å². The second-order valence-corrected chi connectivity index (χ2v) is 7.74. The van der Waals surface area contributed by atoms with Crippen LogP contribution in [0.2, 0.25) is 0 Å². The quantitative estimate of drug-likeness (QED) is 0.770.